The van der Waals surface area contributed by atoms with E-state index >= 15 is 0 Å². The monoisotopic (exact) mass is 453 g/mol. The first kappa shape index (κ1) is 22.9. The Morgan fingerprint density at radius 1 is 1.09 bits per heavy atom. The number of fused-ring (bicyclic) bond motifs is 1. The van der Waals surface area contributed by atoms with Crippen LogP contribution >= 0.6 is 0 Å². The van der Waals surface area contributed by atoms with E-state index in [2.05, 4.69) is 21.2 Å². The number of esters is 1. The zero-order valence-electron chi connectivity index (χ0n) is 19.2. The second-order valence-corrected chi connectivity index (χ2v) is 8.37. The predicted molar refractivity (Wildman–Crippen MR) is 126 cm³/mol. The van der Waals surface area contributed by atoms with Gasteiger partial charge in [0, 0.05) is 57.8 Å². The Hall–Kier alpha value is -3.26. The number of nitrogens with one attached hydrogen (secondary N) is 1. The van der Waals surface area contributed by atoms with Crippen LogP contribution in [0, 0.1) is 0 Å². The average molecular weight is 454 g/mol. The van der Waals surface area contributed by atoms with E-state index in [-0.39, 0.29) is 24.6 Å². The molecule has 33 heavy (non-hydrogen) atoms. The molecule has 1 unspecified atom stereocenters. The molecule has 2 aromatic rings. The largest absolute Gasteiger partial charge is 0.495 e. The van der Waals surface area contributed by atoms with Crippen molar-refractivity contribution in [3.8, 4) is 11.5 Å². The van der Waals surface area contributed by atoms with Crippen molar-refractivity contribution in [3.63, 3.8) is 0 Å². The number of hydrogen-bond acceptors (Lipinski definition) is 7. The molecular weight excluding hydrogens is 422 g/mol. The van der Waals surface area contributed by atoms with Gasteiger partial charge in [0.05, 0.1) is 12.8 Å². The lowest BCUT2D eigenvalue weighted by Crippen LogP contribution is -2.50. The smallest absolute Gasteiger partial charge is 0.303 e. The summed E-state index contributed by atoms with van der Waals surface area (Å²) in [6, 6.07) is 13.7. The number of piperazine rings is 1. The summed E-state index contributed by atoms with van der Waals surface area (Å²) in [5.74, 6) is 1.21. The van der Waals surface area contributed by atoms with Crippen LogP contribution < -0.4 is 19.7 Å². The molecule has 0 spiro atoms. The van der Waals surface area contributed by atoms with E-state index in [0.717, 1.165) is 55.3 Å². The second kappa shape index (κ2) is 10.6. The number of aryl methyl sites for hydroxylation is 1. The maximum atomic E-state index is 11.7. The van der Waals surface area contributed by atoms with Gasteiger partial charge in [0.15, 0.2) is 0 Å². The van der Waals surface area contributed by atoms with Gasteiger partial charge in [0.2, 0.25) is 5.91 Å². The van der Waals surface area contributed by atoms with E-state index in [9.17, 15) is 9.59 Å². The number of nitrogens with zero attached hydrogens (tertiary/aromatic N) is 2. The highest BCUT2D eigenvalue weighted by molar-refractivity contribution is 5.94. The van der Waals surface area contributed by atoms with E-state index in [1.54, 1.807) is 7.11 Å². The van der Waals surface area contributed by atoms with Gasteiger partial charge in [-0.1, -0.05) is 18.2 Å². The summed E-state index contributed by atoms with van der Waals surface area (Å²) in [6.07, 6.45) is 0.857. The number of carbonyl (C=O) groups excluding carboxylic acids is 2. The highest BCUT2D eigenvalue weighted by Crippen LogP contribution is 2.29. The van der Waals surface area contributed by atoms with Crippen LogP contribution in [0.15, 0.2) is 42.5 Å². The molecule has 0 saturated carbocycles. The molecular formula is C25H31N3O5. The SMILES string of the molecule is COc1ccccc1N1CCN(CC(COc2ccc3c(c2)NC(=O)CC3)OC(C)=O)CC1. The summed E-state index contributed by atoms with van der Waals surface area (Å²) < 4.78 is 17.0. The number of para-hydroxylation sites is 2. The maximum absolute atomic E-state index is 11.7. The molecule has 2 heterocycles. The maximum Gasteiger partial charge on any atom is 0.303 e. The molecule has 8 nitrogen and oxygen atoms in total. The first-order valence-electron chi connectivity index (χ1n) is 11.3. The molecule has 1 atom stereocenters. The van der Waals surface area contributed by atoms with Crippen LogP contribution in [0.1, 0.15) is 18.9 Å². The van der Waals surface area contributed by atoms with Crippen LogP contribution in [-0.4, -0.2) is 69.3 Å². The molecule has 4 rings (SSSR count). The lowest BCUT2D eigenvalue weighted by molar-refractivity contribution is -0.148. The predicted octanol–water partition coefficient (Wildman–Crippen LogP) is 2.71. The summed E-state index contributed by atoms with van der Waals surface area (Å²) >= 11 is 0. The minimum absolute atomic E-state index is 0.0182. The van der Waals surface area contributed by atoms with E-state index < -0.39 is 0 Å². The van der Waals surface area contributed by atoms with Crippen molar-refractivity contribution < 1.29 is 23.8 Å². The molecule has 1 saturated heterocycles. The third-order valence-corrected chi connectivity index (χ3v) is 6.01. The van der Waals surface area contributed by atoms with Gasteiger partial charge in [-0.05, 0) is 30.2 Å². The molecule has 8 heteroatoms. The lowest BCUT2D eigenvalue weighted by atomic mass is 10.0. The first-order valence-corrected chi connectivity index (χ1v) is 11.3. The Labute approximate surface area is 194 Å². The summed E-state index contributed by atoms with van der Waals surface area (Å²) in [4.78, 5) is 27.9. The normalized spacial score (nSPS) is 17.0. The quantitative estimate of drug-likeness (QED) is 0.616. The molecule has 1 fully saturated rings. The zero-order valence-corrected chi connectivity index (χ0v) is 19.2. The van der Waals surface area contributed by atoms with E-state index in [1.165, 1.54) is 6.92 Å². The van der Waals surface area contributed by atoms with Crippen molar-refractivity contribution in [3.05, 3.63) is 48.0 Å². The Morgan fingerprint density at radius 2 is 1.88 bits per heavy atom. The number of methoxy groups -OCH3 is 1. The molecule has 0 aliphatic carbocycles. The zero-order chi connectivity index (χ0) is 23.2. The molecule has 176 valence electrons. The molecule has 1 amide bonds. The fourth-order valence-electron chi connectivity index (χ4n) is 4.34. The summed E-state index contributed by atoms with van der Waals surface area (Å²) in [5, 5.41) is 2.89. The van der Waals surface area contributed by atoms with Gasteiger partial charge >= 0.3 is 5.97 Å². The number of benzene rings is 2. The van der Waals surface area contributed by atoms with Crippen molar-refractivity contribution in [2.24, 2.45) is 0 Å². The van der Waals surface area contributed by atoms with Crippen LogP contribution in [0.5, 0.6) is 11.5 Å². The van der Waals surface area contributed by atoms with Crippen LogP contribution in [0.25, 0.3) is 0 Å². The van der Waals surface area contributed by atoms with Gasteiger partial charge in [-0.25, -0.2) is 0 Å². The third-order valence-electron chi connectivity index (χ3n) is 6.01. The highest BCUT2D eigenvalue weighted by Gasteiger charge is 2.24. The number of rotatable bonds is 8. The van der Waals surface area contributed by atoms with Crippen molar-refractivity contribution in [2.45, 2.75) is 25.9 Å². The molecule has 2 aromatic carbocycles. The fourth-order valence-corrected chi connectivity index (χ4v) is 4.34. The van der Waals surface area contributed by atoms with Gasteiger partial charge in [0.25, 0.3) is 0 Å². The van der Waals surface area contributed by atoms with Crippen molar-refractivity contribution >= 4 is 23.3 Å². The van der Waals surface area contributed by atoms with E-state index in [1.807, 2.05) is 36.4 Å². The summed E-state index contributed by atoms with van der Waals surface area (Å²) in [5.41, 5.74) is 2.99. The summed E-state index contributed by atoms with van der Waals surface area (Å²) in [6.45, 7) is 5.68. The fraction of sp³-hybridized carbons (Fsp3) is 0.440. The number of carbonyl (C=O) groups is 2. The molecule has 0 bridgehead atoms. The number of amides is 1. The third kappa shape index (κ3) is 5.96. The van der Waals surface area contributed by atoms with Gasteiger partial charge < -0.3 is 24.4 Å². The molecule has 2 aliphatic heterocycles. The van der Waals surface area contributed by atoms with Crippen LogP contribution in [0.3, 0.4) is 0 Å². The van der Waals surface area contributed by atoms with Gasteiger partial charge in [-0.15, -0.1) is 0 Å². The Bertz CT molecular complexity index is 988. The van der Waals surface area contributed by atoms with Crippen LogP contribution in [-0.2, 0) is 20.7 Å². The standard InChI is InChI=1S/C25H31N3O5/c1-18(29)33-21(17-32-20-9-7-19-8-10-25(30)26-22(19)15-20)16-27-11-13-28(14-12-27)23-5-3-4-6-24(23)31-2/h3-7,9,15,21H,8,10-14,16-17H2,1-2H3,(H,26,30). The van der Waals surface area contributed by atoms with Gasteiger partial charge in [0.1, 0.15) is 24.2 Å². The number of anilines is 2. The first-order chi connectivity index (χ1) is 16.0. The van der Waals surface area contributed by atoms with Crippen LogP contribution in [0.4, 0.5) is 11.4 Å². The Morgan fingerprint density at radius 3 is 2.64 bits per heavy atom. The number of hydrogen-bond donors (Lipinski definition) is 1. The Balaban J connectivity index is 1.32. The van der Waals surface area contributed by atoms with E-state index in [4.69, 9.17) is 14.2 Å². The van der Waals surface area contributed by atoms with Crippen molar-refractivity contribution in [1.82, 2.24) is 4.90 Å². The molecule has 0 aromatic heterocycles. The van der Waals surface area contributed by atoms with Crippen molar-refractivity contribution in [2.75, 3.05) is 56.7 Å². The topological polar surface area (TPSA) is 80.3 Å². The second-order valence-electron chi connectivity index (χ2n) is 8.37. The lowest BCUT2D eigenvalue weighted by Gasteiger charge is -2.37. The summed E-state index contributed by atoms with van der Waals surface area (Å²) in [7, 11) is 1.69. The highest BCUT2D eigenvalue weighted by atomic mass is 16.6. The average Bonchev–Trinajstić information content (AvgIpc) is 2.82. The molecule has 0 radical (unpaired) electrons. The molecule has 2 aliphatic rings. The minimum atomic E-state index is -0.383. The van der Waals surface area contributed by atoms with Gasteiger partial charge in [-0.3, -0.25) is 14.5 Å². The number of ether oxygens (including phenoxy) is 3. The Kier molecular flexibility index (Phi) is 7.34. The van der Waals surface area contributed by atoms with Gasteiger partial charge in [-0.2, -0.15) is 0 Å². The molecule has 1 N–H and O–H groups in total. The minimum Gasteiger partial charge on any atom is -0.495 e. The van der Waals surface area contributed by atoms with Crippen LogP contribution in [0.2, 0.25) is 0 Å². The van der Waals surface area contributed by atoms with E-state index in [0.29, 0.717) is 18.7 Å². The van der Waals surface area contributed by atoms with Crippen molar-refractivity contribution in [1.29, 1.82) is 0 Å².